The number of aliphatic imine (C=N–C) groups is 1. The monoisotopic (exact) mass is 379 g/mol. The van der Waals surface area contributed by atoms with Crippen LogP contribution in [0.25, 0.3) is 0 Å². The van der Waals surface area contributed by atoms with Gasteiger partial charge in [0.2, 0.25) is 0 Å². The highest BCUT2D eigenvalue weighted by Crippen LogP contribution is 2.29. The lowest BCUT2D eigenvalue weighted by molar-refractivity contribution is -0.140. The topological polar surface area (TPSA) is 61.8 Å². The van der Waals surface area contributed by atoms with E-state index in [0.29, 0.717) is 16.9 Å². The lowest BCUT2D eigenvalue weighted by Crippen LogP contribution is -2.43. The van der Waals surface area contributed by atoms with Crippen molar-refractivity contribution in [3.8, 4) is 0 Å². The first-order chi connectivity index (χ1) is 11.9. The van der Waals surface area contributed by atoms with Gasteiger partial charge in [0.25, 0.3) is 0 Å². The zero-order valence-corrected chi connectivity index (χ0v) is 15.2. The normalized spacial score (nSPS) is 18.2. The number of hydrogen-bond acceptors (Lipinski definition) is 5. The Morgan fingerprint density at radius 3 is 2.72 bits per heavy atom. The molecule has 0 aromatic carbocycles. The van der Waals surface area contributed by atoms with Crippen molar-refractivity contribution in [2.45, 2.75) is 19.6 Å². The van der Waals surface area contributed by atoms with E-state index >= 15 is 0 Å². The molecule has 2 heterocycles. The van der Waals surface area contributed by atoms with Crippen molar-refractivity contribution < 1.29 is 17.9 Å². The molecule has 142 valence electrons. The van der Waals surface area contributed by atoms with Gasteiger partial charge in [-0.25, -0.2) is 4.98 Å². The molecule has 25 heavy (non-hydrogen) atoms. The maximum Gasteiger partial charge on any atom is 0.434 e. The molecule has 2 N–H and O–H groups in total. The van der Waals surface area contributed by atoms with E-state index in [1.165, 1.54) is 0 Å². The summed E-state index contributed by atoms with van der Waals surface area (Å²) in [5.41, 5.74) is -0.851. The van der Waals surface area contributed by atoms with E-state index in [0.717, 1.165) is 56.1 Å². The summed E-state index contributed by atoms with van der Waals surface area (Å²) in [7, 11) is 1.63. The van der Waals surface area contributed by atoms with Crippen LogP contribution in [0, 0.1) is 5.92 Å². The molecular formula is C15H24F3N5OS. The number of hydrogen-bond donors (Lipinski definition) is 2. The van der Waals surface area contributed by atoms with Gasteiger partial charge in [0, 0.05) is 38.6 Å². The Morgan fingerprint density at radius 2 is 2.12 bits per heavy atom. The minimum Gasteiger partial charge on any atom is -0.379 e. The molecule has 1 unspecified atom stereocenters. The number of thiazole rings is 1. The van der Waals surface area contributed by atoms with Crippen molar-refractivity contribution >= 4 is 17.3 Å². The summed E-state index contributed by atoms with van der Waals surface area (Å²) in [5, 5.41) is 7.59. The summed E-state index contributed by atoms with van der Waals surface area (Å²) in [6, 6.07) is 0. The zero-order valence-electron chi connectivity index (χ0n) is 14.4. The van der Waals surface area contributed by atoms with Crippen LogP contribution in [-0.4, -0.2) is 62.3 Å². The van der Waals surface area contributed by atoms with Gasteiger partial charge in [-0.05, 0) is 5.92 Å². The van der Waals surface area contributed by atoms with Gasteiger partial charge in [-0.15, -0.1) is 11.3 Å². The van der Waals surface area contributed by atoms with Crippen LogP contribution in [0.4, 0.5) is 13.2 Å². The number of halogens is 3. The van der Waals surface area contributed by atoms with Gasteiger partial charge in [-0.1, -0.05) is 6.92 Å². The van der Waals surface area contributed by atoms with Gasteiger partial charge in [-0.3, -0.25) is 9.89 Å². The van der Waals surface area contributed by atoms with E-state index in [1.54, 1.807) is 7.05 Å². The molecule has 0 amide bonds. The smallest absolute Gasteiger partial charge is 0.379 e. The lowest BCUT2D eigenvalue weighted by Gasteiger charge is -2.29. The summed E-state index contributed by atoms with van der Waals surface area (Å²) in [5.74, 6) is 0.964. The molecule has 1 aliphatic heterocycles. The predicted molar refractivity (Wildman–Crippen MR) is 91.7 cm³/mol. The predicted octanol–water partition coefficient (Wildman–Crippen LogP) is 1.80. The van der Waals surface area contributed by atoms with Crippen LogP contribution in [0.15, 0.2) is 10.4 Å². The first-order valence-corrected chi connectivity index (χ1v) is 9.02. The molecule has 1 fully saturated rings. The van der Waals surface area contributed by atoms with Crippen LogP contribution in [0.5, 0.6) is 0 Å². The van der Waals surface area contributed by atoms with Crippen LogP contribution in [0.3, 0.4) is 0 Å². The van der Waals surface area contributed by atoms with Gasteiger partial charge < -0.3 is 15.4 Å². The quantitative estimate of drug-likeness (QED) is 0.583. The van der Waals surface area contributed by atoms with Crippen molar-refractivity contribution in [3.63, 3.8) is 0 Å². The van der Waals surface area contributed by atoms with Crippen LogP contribution in [-0.2, 0) is 17.5 Å². The molecular weight excluding hydrogens is 355 g/mol. The maximum atomic E-state index is 12.5. The van der Waals surface area contributed by atoms with Crippen molar-refractivity contribution in [1.82, 2.24) is 20.5 Å². The average molecular weight is 379 g/mol. The highest BCUT2D eigenvalue weighted by molar-refractivity contribution is 7.09. The Balaban J connectivity index is 1.72. The third kappa shape index (κ3) is 6.79. The highest BCUT2D eigenvalue weighted by Gasteiger charge is 2.33. The molecule has 0 aliphatic carbocycles. The SMILES string of the molecule is CN=C(NCc1nc(C(F)(F)F)cs1)NCC(C)CN1CCOCC1. The van der Waals surface area contributed by atoms with Crippen molar-refractivity contribution in [2.24, 2.45) is 10.9 Å². The molecule has 10 heteroatoms. The Kier molecular flexibility index (Phi) is 7.45. The molecule has 2 rings (SSSR count). The summed E-state index contributed by atoms with van der Waals surface area (Å²) in [6.45, 7) is 7.49. The van der Waals surface area contributed by atoms with Crippen molar-refractivity contribution in [3.05, 3.63) is 16.1 Å². The Morgan fingerprint density at radius 1 is 1.40 bits per heavy atom. The minimum atomic E-state index is -4.40. The third-order valence-electron chi connectivity index (χ3n) is 3.76. The standard InChI is InChI=1S/C15H24F3N5OS/c1-11(9-23-3-5-24-6-4-23)7-20-14(19-2)21-8-13-22-12(10-25-13)15(16,17)18/h10-11H,3-9H2,1-2H3,(H2,19,20,21). The van der Waals surface area contributed by atoms with Gasteiger partial charge in [0.15, 0.2) is 11.7 Å². The minimum absolute atomic E-state index is 0.207. The van der Waals surface area contributed by atoms with Crippen molar-refractivity contribution in [1.29, 1.82) is 0 Å². The highest BCUT2D eigenvalue weighted by atomic mass is 32.1. The average Bonchev–Trinajstić information content (AvgIpc) is 3.05. The van der Waals surface area contributed by atoms with Gasteiger partial charge in [0.1, 0.15) is 5.01 Å². The van der Waals surface area contributed by atoms with E-state index in [-0.39, 0.29) is 6.54 Å². The van der Waals surface area contributed by atoms with Gasteiger partial charge >= 0.3 is 6.18 Å². The summed E-state index contributed by atoms with van der Waals surface area (Å²) >= 11 is 0.982. The number of alkyl halides is 3. The fourth-order valence-electron chi connectivity index (χ4n) is 2.46. The Bertz CT molecular complexity index is 558. The summed E-state index contributed by atoms with van der Waals surface area (Å²) in [4.78, 5) is 10.0. The van der Waals surface area contributed by atoms with Gasteiger partial charge in [-0.2, -0.15) is 13.2 Å². The summed E-state index contributed by atoms with van der Waals surface area (Å²) in [6.07, 6.45) is -4.40. The second-order valence-corrected chi connectivity index (χ2v) is 6.89. The van der Waals surface area contributed by atoms with E-state index in [4.69, 9.17) is 4.74 Å². The van der Waals surface area contributed by atoms with Crippen LogP contribution in [0.2, 0.25) is 0 Å². The van der Waals surface area contributed by atoms with E-state index in [1.807, 2.05) is 0 Å². The number of ether oxygens (including phenoxy) is 1. The number of guanidine groups is 1. The molecule has 1 aromatic rings. The van der Waals surface area contributed by atoms with Gasteiger partial charge in [0.05, 0.1) is 19.8 Å². The van der Waals surface area contributed by atoms with Crippen molar-refractivity contribution in [2.75, 3.05) is 46.4 Å². The molecule has 1 saturated heterocycles. The van der Waals surface area contributed by atoms with Crippen LogP contribution < -0.4 is 10.6 Å². The van der Waals surface area contributed by atoms with E-state index in [9.17, 15) is 13.2 Å². The first kappa shape index (κ1) is 19.9. The molecule has 1 atom stereocenters. The number of rotatable bonds is 6. The van der Waals surface area contributed by atoms with E-state index in [2.05, 4.69) is 32.4 Å². The van der Waals surface area contributed by atoms with E-state index < -0.39 is 11.9 Å². The first-order valence-electron chi connectivity index (χ1n) is 8.14. The second-order valence-electron chi connectivity index (χ2n) is 5.95. The molecule has 6 nitrogen and oxygen atoms in total. The molecule has 1 aliphatic rings. The summed E-state index contributed by atoms with van der Waals surface area (Å²) < 4.78 is 43.0. The fourth-order valence-corrected chi connectivity index (χ4v) is 3.20. The zero-order chi connectivity index (χ0) is 18.3. The number of nitrogens with one attached hydrogen (secondary N) is 2. The largest absolute Gasteiger partial charge is 0.434 e. The maximum absolute atomic E-state index is 12.5. The molecule has 0 spiro atoms. The number of nitrogens with zero attached hydrogens (tertiary/aromatic N) is 3. The molecule has 1 aromatic heterocycles. The van der Waals surface area contributed by atoms with Crippen LogP contribution in [0.1, 0.15) is 17.6 Å². The Hall–Kier alpha value is -1.39. The second kappa shape index (κ2) is 9.35. The van der Waals surface area contributed by atoms with Crippen LogP contribution >= 0.6 is 11.3 Å². The third-order valence-corrected chi connectivity index (χ3v) is 4.61. The molecule has 0 radical (unpaired) electrons. The number of aromatic nitrogens is 1. The molecule has 0 saturated carbocycles. The lowest BCUT2D eigenvalue weighted by atomic mass is 10.1. The fraction of sp³-hybridized carbons (Fsp3) is 0.733. The molecule has 0 bridgehead atoms. The number of morpholine rings is 1. The Labute approximate surface area is 149 Å².